The highest BCUT2D eigenvalue weighted by atomic mass is 16.5. The minimum Gasteiger partial charge on any atom is -0.478 e. The normalized spacial score (nSPS) is 42.6. The second-order valence-electron chi connectivity index (χ2n) is 11.8. The van der Waals surface area contributed by atoms with E-state index in [-0.39, 0.29) is 29.2 Å². The van der Waals surface area contributed by atoms with Gasteiger partial charge in [-0.25, -0.2) is 4.79 Å². The molecule has 6 heteroatoms. The monoisotopic (exact) mass is 458 g/mol. The van der Waals surface area contributed by atoms with Gasteiger partial charge in [0, 0.05) is 32.0 Å². The molecule has 0 amide bonds. The average molecular weight is 459 g/mol. The van der Waals surface area contributed by atoms with Crippen molar-refractivity contribution in [3.63, 3.8) is 0 Å². The van der Waals surface area contributed by atoms with Gasteiger partial charge in [-0.2, -0.15) is 0 Å². The first-order valence-corrected chi connectivity index (χ1v) is 12.9. The third kappa shape index (κ3) is 4.28. The van der Waals surface area contributed by atoms with Gasteiger partial charge in [-0.15, -0.1) is 0 Å². The molecule has 33 heavy (non-hydrogen) atoms. The first kappa shape index (κ1) is 24.4. The summed E-state index contributed by atoms with van der Waals surface area (Å²) in [6.07, 6.45) is 13.2. The van der Waals surface area contributed by atoms with Gasteiger partial charge in [-0.3, -0.25) is 4.79 Å². The van der Waals surface area contributed by atoms with Crippen molar-refractivity contribution in [3.8, 4) is 0 Å². The highest BCUT2D eigenvalue weighted by Crippen LogP contribution is 2.67. The Bertz CT molecular complexity index is 810. The van der Waals surface area contributed by atoms with E-state index < -0.39 is 5.97 Å². The van der Waals surface area contributed by atoms with Crippen molar-refractivity contribution in [1.82, 2.24) is 5.32 Å². The maximum atomic E-state index is 13.2. The molecule has 0 bridgehead atoms. The molecule has 8 atom stereocenters. The van der Waals surface area contributed by atoms with Gasteiger partial charge in [0.1, 0.15) is 0 Å². The molecule has 0 aromatic rings. The van der Waals surface area contributed by atoms with Gasteiger partial charge in [-0.05, 0) is 98.2 Å². The van der Waals surface area contributed by atoms with Crippen molar-refractivity contribution >= 4 is 18.0 Å². The molecule has 4 aliphatic carbocycles. The van der Waals surface area contributed by atoms with E-state index in [4.69, 9.17) is 15.3 Å². The van der Waals surface area contributed by atoms with Crippen LogP contribution in [-0.4, -0.2) is 43.3 Å². The van der Waals surface area contributed by atoms with Crippen molar-refractivity contribution in [2.45, 2.75) is 71.6 Å². The third-order valence-corrected chi connectivity index (χ3v) is 10.5. The third-order valence-electron chi connectivity index (χ3n) is 10.5. The Morgan fingerprint density at radius 2 is 1.79 bits per heavy atom. The number of hydrogen-bond donors (Lipinski definition) is 3. The van der Waals surface area contributed by atoms with Crippen LogP contribution in [0.5, 0.6) is 0 Å². The Balaban J connectivity index is 1.43. The number of rotatable bonds is 8. The lowest BCUT2D eigenvalue weighted by atomic mass is 9.44. The van der Waals surface area contributed by atoms with Gasteiger partial charge in [0.05, 0.1) is 12.1 Å². The number of fused-ring (bicyclic) bond motifs is 5. The fraction of sp³-hybridized carbons (Fsp3) is 0.815. The number of carbonyl (C=O) groups excluding carboxylic acids is 1. The molecular weight excluding hydrogens is 416 g/mol. The van der Waals surface area contributed by atoms with Crippen LogP contribution in [0.4, 0.5) is 0 Å². The predicted molar refractivity (Wildman–Crippen MR) is 128 cm³/mol. The van der Waals surface area contributed by atoms with Crippen molar-refractivity contribution in [3.05, 3.63) is 11.8 Å². The lowest BCUT2D eigenvalue weighted by molar-refractivity contribution is -0.137. The fourth-order valence-corrected chi connectivity index (χ4v) is 8.81. The minimum absolute atomic E-state index is 0.0561. The second-order valence-corrected chi connectivity index (χ2v) is 11.8. The van der Waals surface area contributed by atoms with Gasteiger partial charge in [0.15, 0.2) is 5.78 Å². The van der Waals surface area contributed by atoms with Gasteiger partial charge >= 0.3 is 5.97 Å². The summed E-state index contributed by atoms with van der Waals surface area (Å²) in [6.45, 7) is 6.00. The standard InChI is InChI=1S/C27H42N2O4/c1-26-10-8-17(16-33-3)12-19(26)4-5-20-21-6-7-23(27(21,2)11-9-22(20)26)24(30)15-29-14-18(13-28)25(31)32/h13-14,17,19-23,28-29H,4-12,15-16H2,1-3H3,(H,31,32)/b18-14+,28-13?. The first-order chi connectivity index (χ1) is 15.7. The summed E-state index contributed by atoms with van der Waals surface area (Å²) in [7, 11) is 1.83. The van der Waals surface area contributed by atoms with Crippen LogP contribution in [0.1, 0.15) is 71.6 Å². The van der Waals surface area contributed by atoms with E-state index in [0.717, 1.165) is 55.8 Å². The fourth-order valence-electron chi connectivity index (χ4n) is 8.81. The number of carboxylic acid groups (broad SMARTS) is 1. The van der Waals surface area contributed by atoms with Gasteiger partial charge in [-0.1, -0.05) is 13.8 Å². The Morgan fingerprint density at radius 1 is 1.06 bits per heavy atom. The van der Waals surface area contributed by atoms with Crippen LogP contribution in [-0.2, 0) is 14.3 Å². The van der Waals surface area contributed by atoms with Crippen LogP contribution >= 0.6 is 0 Å². The quantitative estimate of drug-likeness (QED) is 0.362. The number of carboxylic acids is 1. The van der Waals surface area contributed by atoms with E-state index in [0.29, 0.717) is 11.3 Å². The number of carbonyl (C=O) groups is 2. The molecule has 0 aromatic carbocycles. The van der Waals surface area contributed by atoms with Crippen LogP contribution < -0.4 is 5.32 Å². The van der Waals surface area contributed by atoms with E-state index in [1.165, 1.54) is 44.7 Å². The molecule has 0 spiro atoms. The van der Waals surface area contributed by atoms with Crippen molar-refractivity contribution < 1.29 is 19.4 Å². The number of aliphatic carboxylic acids is 1. The van der Waals surface area contributed by atoms with E-state index in [9.17, 15) is 9.59 Å². The molecule has 0 aliphatic heterocycles. The van der Waals surface area contributed by atoms with Crippen molar-refractivity contribution in [1.29, 1.82) is 5.41 Å². The molecule has 0 radical (unpaired) electrons. The number of ether oxygens (including phenoxy) is 1. The average Bonchev–Trinajstić information content (AvgIpc) is 3.14. The lowest BCUT2D eigenvalue weighted by Crippen LogP contribution is -2.54. The highest BCUT2D eigenvalue weighted by molar-refractivity contribution is 6.07. The zero-order chi connectivity index (χ0) is 23.8. The molecule has 0 saturated heterocycles. The largest absolute Gasteiger partial charge is 0.478 e. The Hall–Kier alpha value is -1.69. The van der Waals surface area contributed by atoms with E-state index >= 15 is 0 Å². The number of hydrogen-bond acceptors (Lipinski definition) is 5. The maximum Gasteiger partial charge on any atom is 0.338 e. The number of nitrogens with one attached hydrogen (secondary N) is 2. The molecule has 8 unspecified atom stereocenters. The smallest absolute Gasteiger partial charge is 0.338 e. The highest BCUT2D eigenvalue weighted by Gasteiger charge is 2.61. The molecule has 4 fully saturated rings. The zero-order valence-corrected chi connectivity index (χ0v) is 20.6. The van der Waals surface area contributed by atoms with E-state index in [1.807, 2.05) is 7.11 Å². The summed E-state index contributed by atoms with van der Waals surface area (Å²) in [6, 6.07) is 0. The van der Waals surface area contributed by atoms with Gasteiger partial charge in [0.25, 0.3) is 0 Å². The van der Waals surface area contributed by atoms with E-state index in [2.05, 4.69) is 19.2 Å². The second kappa shape index (κ2) is 9.52. The number of Topliss-reactive ketones (excluding diaryl/α,β-unsaturated/α-hetero) is 1. The number of methoxy groups -OCH3 is 1. The summed E-state index contributed by atoms with van der Waals surface area (Å²) >= 11 is 0. The zero-order valence-electron chi connectivity index (χ0n) is 20.6. The van der Waals surface area contributed by atoms with Crippen LogP contribution in [0, 0.1) is 51.7 Å². The number of ketones is 1. The minimum atomic E-state index is -1.16. The van der Waals surface area contributed by atoms with Crippen molar-refractivity contribution in [2.75, 3.05) is 20.3 Å². The molecule has 6 nitrogen and oxygen atoms in total. The Morgan fingerprint density at radius 3 is 2.48 bits per heavy atom. The molecule has 184 valence electrons. The molecule has 0 aromatic heterocycles. The Kier molecular flexibility index (Phi) is 7.05. The summed E-state index contributed by atoms with van der Waals surface area (Å²) in [4.78, 5) is 24.2. The van der Waals surface area contributed by atoms with Crippen molar-refractivity contribution in [2.24, 2.45) is 46.3 Å². The molecular formula is C27H42N2O4. The van der Waals surface area contributed by atoms with Crippen LogP contribution in [0.15, 0.2) is 11.8 Å². The summed E-state index contributed by atoms with van der Waals surface area (Å²) in [5.74, 6) is 2.81. The summed E-state index contributed by atoms with van der Waals surface area (Å²) < 4.78 is 5.48. The summed E-state index contributed by atoms with van der Waals surface area (Å²) in [5.41, 5.74) is 0.379. The van der Waals surface area contributed by atoms with Gasteiger partial charge < -0.3 is 20.6 Å². The predicted octanol–water partition coefficient (Wildman–Crippen LogP) is 4.68. The van der Waals surface area contributed by atoms with Crippen LogP contribution in [0.2, 0.25) is 0 Å². The van der Waals surface area contributed by atoms with Crippen LogP contribution in [0.3, 0.4) is 0 Å². The summed E-state index contributed by atoms with van der Waals surface area (Å²) in [5, 5.41) is 19.1. The molecule has 4 saturated carbocycles. The molecule has 4 rings (SSSR count). The van der Waals surface area contributed by atoms with Gasteiger partial charge in [0.2, 0.25) is 0 Å². The molecule has 3 N–H and O–H groups in total. The maximum absolute atomic E-state index is 13.2. The molecule has 4 aliphatic rings. The molecule has 0 heterocycles. The first-order valence-electron chi connectivity index (χ1n) is 12.9. The lowest BCUT2D eigenvalue weighted by Gasteiger charge is -2.61. The van der Waals surface area contributed by atoms with E-state index in [1.54, 1.807) is 0 Å². The Labute approximate surface area is 198 Å². The van der Waals surface area contributed by atoms with Crippen LogP contribution in [0.25, 0.3) is 0 Å². The SMILES string of the molecule is COCC1CCC2(C)C(CCC3C2CCC2(C)C(C(=O)CN/C=C(\C=N)C(=O)O)CCC32)C1. The topological polar surface area (TPSA) is 99.5 Å².